The van der Waals surface area contributed by atoms with E-state index >= 15 is 0 Å². The predicted molar refractivity (Wildman–Crippen MR) is 63.4 cm³/mol. The van der Waals surface area contributed by atoms with Crippen molar-refractivity contribution in [2.24, 2.45) is 0 Å². The molecular weight excluding hydrogens is 218 g/mol. The smallest absolute Gasteiger partial charge is 0.277 e. The Kier molecular flexibility index (Phi) is 2.95. The van der Waals surface area contributed by atoms with Gasteiger partial charge in [-0.15, -0.1) is 0 Å². The topological polar surface area (TPSA) is 93.8 Å². The van der Waals surface area contributed by atoms with Gasteiger partial charge in [-0.05, 0) is 18.6 Å². The number of nitrogens with zero attached hydrogens (tertiary/aromatic N) is 3. The molecule has 0 radical (unpaired) electrons. The first-order chi connectivity index (χ1) is 8.15. The molecule has 0 fully saturated rings. The fourth-order valence-electron chi connectivity index (χ4n) is 1.18. The van der Waals surface area contributed by atoms with Crippen molar-refractivity contribution in [2.45, 2.75) is 6.92 Å². The van der Waals surface area contributed by atoms with E-state index in [4.69, 9.17) is 5.73 Å². The number of amides is 1. The van der Waals surface area contributed by atoms with Crippen molar-refractivity contribution < 1.29 is 4.79 Å². The zero-order chi connectivity index (χ0) is 12.3. The molecule has 2 aromatic heterocycles. The number of rotatable bonds is 2. The zero-order valence-corrected chi connectivity index (χ0v) is 9.21. The van der Waals surface area contributed by atoms with Gasteiger partial charge >= 0.3 is 0 Å². The van der Waals surface area contributed by atoms with Gasteiger partial charge in [0, 0.05) is 6.20 Å². The first-order valence-corrected chi connectivity index (χ1v) is 4.96. The van der Waals surface area contributed by atoms with Gasteiger partial charge < -0.3 is 11.1 Å². The summed E-state index contributed by atoms with van der Waals surface area (Å²) in [4.78, 5) is 23.4. The van der Waals surface area contributed by atoms with Crippen LogP contribution in [0.1, 0.15) is 16.1 Å². The second-order valence-corrected chi connectivity index (χ2v) is 3.50. The number of nitrogens with one attached hydrogen (secondary N) is 1. The van der Waals surface area contributed by atoms with E-state index in [1.165, 1.54) is 12.4 Å². The van der Waals surface area contributed by atoms with Crippen LogP contribution in [0.4, 0.5) is 11.6 Å². The Morgan fingerprint density at radius 2 is 2.00 bits per heavy atom. The summed E-state index contributed by atoms with van der Waals surface area (Å²) in [5.41, 5.74) is 6.60. The quantitative estimate of drug-likeness (QED) is 0.801. The Hall–Kier alpha value is -2.50. The van der Waals surface area contributed by atoms with Gasteiger partial charge in [0.15, 0.2) is 0 Å². The van der Waals surface area contributed by atoms with Crippen molar-refractivity contribution in [3.8, 4) is 0 Å². The highest BCUT2D eigenvalue weighted by Crippen LogP contribution is 2.06. The third-order valence-electron chi connectivity index (χ3n) is 2.06. The lowest BCUT2D eigenvalue weighted by atomic mass is 10.3. The van der Waals surface area contributed by atoms with Crippen molar-refractivity contribution in [1.82, 2.24) is 15.0 Å². The normalized spacial score (nSPS) is 9.94. The summed E-state index contributed by atoms with van der Waals surface area (Å²) in [5, 5.41) is 2.61. The molecule has 2 aromatic rings. The van der Waals surface area contributed by atoms with Crippen molar-refractivity contribution in [1.29, 1.82) is 0 Å². The summed E-state index contributed by atoms with van der Waals surface area (Å²) in [6.07, 6.45) is 4.32. The van der Waals surface area contributed by atoms with Gasteiger partial charge in [0.2, 0.25) is 0 Å². The van der Waals surface area contributed by atoms with Crippen LogP contribution in [0.25, 0.3) is 0 Å². The first kappa shape index (κ1) is 11.0. The summed E-state index contributed by atoms with van der Waals surface area (Å²) in [7, 11) is 0. The predicted octanol–water partition coefficient (Wildman–Crippen LogP) is 1.01. The van der Waals surface area contributed by atoms with E-state index in [1.54, 1.807) is 12.3 Å². The number of nitrogen functional groups attached to an aromatic ring is 1. The lowest BCUT2D eigenvalue weighted by molar-refractivity contribution is 0.102. The Bertz CT molecular complexity index is 521. The minimum Gasteiger partial charge on any atom is -0.382 e. The molecule has 86 valence electrons. The molecule has 2 rings (SSSR count). The number of carbonyl (C=O) groups is 1. The summed E-state index contributed by atoms with van der Waals surface area (Å²) in [5.74, 6) is 0.378. The fourth-order valence-corrected chi connectivity index (χ4v) is 1.18. The van der Waals surface area contributed by atoms with Crippen LogP contribution in [0.5, 0.6) is 0 Å². The molecule has 0 saturated carbocycles. The highest BCUT2D eigenvalue weighted by molar-refractivity contribution is 6.02. The molecule has 6 nitrogen and oxygen atoms in total. The van der Waals surface area contributed by atoms with Gasteiger partial charge in [0.1, 0.15) is 17.3 Å². The monoisotopic (exact) mass is 229 g/mol. The van der Waals surface area contributed by atoms with Gasteiger partial charge in [-0.1, -0.05) is 6.07 Å². The number of aromatic nitrogens is 3. The number of carbonyl (C=O) groups excluding carboxylic acids is 1. The summed E-state index contributed by atoms with van der Waals surface area (Å²) >= 11 is 0. The molecule has 0 spiro atoms. The third-order valence-corrected chi connectivity index (χ3v) is 2.06. The second kappa shape index (κ2) is 4.56. The van der Waals surface area contributed by atoms with E-state index in [-0.39, 0.29) is 17.4 Å². The van der Waals surface area contributed by atoms with Crippen LogP contribution in [-0.2, 0) is 0 Å². The van der Waals surface area contributed by atoms with Crippen LogP contribution in [0, 0.1) is 6.92 Å². The zero-order valence-electron chi connectivity index (χ0n) is 9.21. The molecule has 0 aromatic carbocycles. The molecular formula is C11H11N5O. The minimum absolute atomic E-state index is 0.196. The van der Waals surface area contributed by atoms with Gasteiger partial charge in [0.25, 0.3) is 5.91 Å². The molecule has 3 N–H and O–H groups in total. The number of hydrogen-bond acceptors (Lipinski definition) is 5. The number of anilines is 2. The SMILES string of the molecule is Cc1ccc(NC(=O)c2cnc(N)cn2)nc1. The molecule has 0 atom stereocenters. The number of pyridine rings is 1. The third kappa shape index (κ3) is 2.75. The Morgan fingerprint density at radius 1 is 1.18 bits per heavy atom. The molecule has 0 unspecified atom stereocenters. The lowest BCUT2D eigenvalue weighted by Gasteiger charge is -2.03. The van der Waals surface area contributed by atoms with Gasteiger partial charge in [-0.25, -0.2) is 15.0 Å². The highest BCUT2D eigenvalue weighted by atomic mass is 16.1. The van der Waals surface area contributed by atoms with Crippen LogP contribution in [-0.4, -0.2) is 20.9 Å². The molecule has 0 aliphatic heterocycles. The van der Waals surface area contributed by atoms with Crippen LogP contribution >= 0.6 is 0 Å². The van der Waals surface area contributed by atoms with E-state index < -0.39 is 0 Å². The maximum absolute atomic E-state index is 11.7. The molecule has 0 bridgehead atoms. The van der Waals surface area contributed by atoms with Crippen molar-refractivity contribution in [3.05, 3.63) is 42.0 Å². The first-order valence-electron chi connectivity index (χ1n) is 4.96. The minimum atomic E-state index is -0.367. The van der Waals surface area contributed by atoms with E-state index in [2.05, 4.69) is 20.3 Å². The van der Waals surface area contributed by atoms with E-state index in [1.807, 2.05) is 13.0 Å². The van der Waals surface area contributed by atoms with Crippen molar-refractivity contribution >= 4 is 17.5 Å². The summed E-state index contributed by atoms with van der Waals surface area (Å²) in [6, 6.07) is 3.58. The Morgan fingerprint density at radius 3 is 2.59 bits per heavy atom. The molecule has 0 aliphatic rings. The van der Waals surface area contributed by atoms with Crippen LogP contribution in [0.15, 0.2) is 30.7 Å². The van der Waals surface area contributed by atoms with Crippen molar-refractivity contribution in [2.75, 3.05) is 11.1 Å². The lowest BCUT2D eigenvalue weighted by Crippen LogP contribution is -2.15. The standard InChI is InChI=1S/C11H11N5O/c1-7-2-3-10(15-4-7)16-11(17)8-5-14-9(12)6-13-8/h2-6H,1H3,(H2,12,14)(H,15,16,17). The second-order valence-electron chi connectivity index (χ2n) is 3.50. The van der Waals surface area contributed by atoms with Gasteiger partial charge in [-0.3, -0.25) is 4.79 Å². The van der Waals surface area contributed by atoms with Crippen molar-refractivity contribution in [3.63, 3.8) is 0 Å². The molecule has 6 heteroatoms. The molecule has 0 saturated heterocycles. The molecule has 0 aliphatic carbocycles. The number of hydrogen-bond donors (Lipinski definition) is 2. The average Bonchev–Trinajstić information content (AvgIpc) is 2.33. The van der Waals surface area contributed by atoms with Gasteiger partial charge in [0.05, 0.1) is 12.4 Å². The van der Waals surface area contributed by atoms with E-state index in [0.29, 0.717) is 5.82 Å². The summed E-state index contributed by atoms with van der Waals surface area (Å²) < 4.78 is 0. The highest BCUT2D eigenvalue weighted by Gasteiger charge is 2.08. The number of aryl methyl sites for hydroxylation is 1. The van der Waals surface area contributed by atoms with Crippen LogP contribution in [0.2, 0.25) is 0 Å². The maximum Gasteiger partial charge on any atom is 0.277 e. The molecule has 2 heterocycles. The maximum atomic E-state index is 11.7. The number of nitrogens with two attached hydrogens (primary N) is 1. The Labute approximate surface area is 97.9 Å². The average molecular weight is 229 g/mol. The van der Waals surface area contributed by atoms with Crippen LogP contribution in [0.3, 0.4) is 0 Å². The molecule has 17 heavy (non-hydrogen) atoms. The molecule has 1 amide bonds. The largest absolute Gasteiger partial charge is 0.382 e. The van der Waals surface area contributed by atoms with Gasteiger partial charge in [-0.2, -0.15) is 0 Å². The van der Waals surface area contributed by atoms with E-state index in [9.17, 15) is 4.79 Å². The van der Waals surface area contributed by atoms with Crippen LogP contribution < -0.4 is 11.1 Å². The fraction of sp³-hybridized carbons (Fsp3) is 0.0909. The summed E-state index contributed by atoms with van der Waals surface area (Å²) in [6.45, 7) is 1.92. The van der Waals surface area contributed by atoms with E-state index in [0.717, 1.165) is 5.56 Å². The Balaban J connectivity index is 2.11.